The topological polar surface area (TPSA) is 146 Å². The second-order valence-electron chi connectivity index (χ2n) is 5.01. The lowest BCUT2D eigenvalue weighted by molar-refractivity contribution is 0.272. The molecular weight excluding hydrogens is 343 g/mol. The highest BCUT2D eigenvalue weighted by atomic mass is 32.5. The molecule has 1 aliphatic carbocycles. The summed E-state index contributed by atoms with van der Waals surface area (Å²) in [6, 6.07) is 0. The van der Waals surface area contributed by atoms with Crippen LogP contribution in [0.15, 0.2) is 22.7 Å². The molecule has 11 heteroatoms. The maximum atomic E-state index is 9.68. The first-order chi connectivity index (χ1) is 10.9. The Labute approximate surface area is 138 Å². The molecule has 1 aromatic rings. The third-order valence-corrected chi connectivity index (χ3v) is 4.29. The van der Waals surface area contributed by atoms with E-state index in [1.165, 1.54) is 0 Å². The second-order valence-corrected chi connectivity index (χ2v) is 7.68. The van der Waals surface area contributed by atoms with E-state index in [1.54, 1.807) is 10.9 Å². The van der Waals surface area contributed by atoms with Gasteiger partial charge in [0.05, 0.1) is 25.9 Å². The van der Waals surface area contributed by atoms with Gasteiger partial charge in [0.1, 0.15) is 11.5 Å². The summed E-state index contributed by atoms with van der Waals surface area (Å²) < 4.78 is 6.50. The van der Waals surface area contributed by atoms with Crippen LogP contribution in [0, 0.1) is 5.92 Å². The number of nitrogens with zero attached hydrogens (tertiary/aromatic N) is 3. The first-order valence-electron chi connectivity index (χ1n) is 6.88. The number of rotatable bonds is 9. The number of aromatic nitrogens is 2. The molecule has 0 aromatic carbocycles. The highest BCUT2D eigenvalue weighted by molar-refractivity contribution is 8.06. The molecule has 0 unspecified atom stereocenters. The summed E-state index contributed by atoms with van der Waals surface area (Å²) in [4.78, 5) is 26.0. The Balaban J connectivity index is 1.81. The van der Waals surface area contributed by atoms with E-state index in [0.717, 1.165) is 12.8 Å². The van der Waals surface area contributed by atoms with Crippen molar-refractivity contribution in [2.45, 2.75) is 26.0 Å². The molecule has 0 fully saturated rings. The van der Waals surface area contributed by atoms with E-state index in [2.05, 4.69) is 21.8 Å². The van der Waals surface area contributed by atoms with E-state index >= 15 is 0 Å². The Bertz CT molecular complexity index is 668. The highest BCUT2D eigenvalue weighted by Gasteiger charge is 2.36. The van der Waals surface area contributed by atoms with Crippen LogP contribution in [-0.4, -0.2) is 42.5 Å². The molecule has 128 valence electrons. The van der Waals surface area contributed by atoms with Gasteiger partial charge >= 0.3 is 6.72 Å². The highest BCUT2D eigenvalue weighted by Crippen LogP contribution is 2.45. The van der Waals surface area contributed by atoms with Gasteiger partial charge in [-0.25, -0.2) is 9.98 Å². The molecule has 0 spiro atoms. The molecule has 23 heavy (non-hydrogen) atoms. The van der Waals surface area contributed by atoms with Gasteiger partial charge in [0.25, 0.3) is 0 Å². The zero-order valence-electron chi connectivity index (χ0n) is 12.2. The fraction of sp³-hybridized carbons (Fsp3) is 0.500. The zero-order valence-corrected chi connectivity index (χ0v) is 14.0. The monoisotopic (exact) mass is 362 g/mol. The second kappa shape index (κ2) is 7.52. The number of imidazole rings is 1. The van der Waals surface area contributed by atoms with Gasteiger partial charge < -0.3 is 34.8 Å². The maximum Gasteiger partial charge on any atom is 0.322 e. The van der Waals surface area contributed by atoms with Crippen molar-refractivity contribution in [2.75, 3.05) is 6.61 Å². The fourth-order valence-corrected chi connectivity index (χ4v) is 2.79. The van der Waals surface area contributed by atoms with Crippen LogP contribution >= 0.6 is 6.72 Å². The number of aliphatic imine (C=N–C) groups is 1. The van der Waals surface area contributed by atoms with Gasteiger partial charge in [-0.15, -0.1) is 0 Å². The molecule has 0 amide bonds. The molecule has 1 heterocycles. The third kappa shape index (κ3) is 4.84. The van der Waals surface area contributed by atoms with Gasteiger partial charge in [-0.05, 0) is 24.6 Å². The number of aryl methyl sites for hydroxylation is 1. The molecule has 9 nitrogen and oxygen atoms in total. The molecule has 0 saturated carbocycles. The van der Waals surface area contributed by atoms with Crippen molar-refractivity contribution >= 4 is 30.7 Å². The SMILES string of the molecule is N/C=N\c1c(CO)ncn1CCC[C@@H]1C(O)=C1COP(O)(O)=S. The molecule has 0 aliphatic heterocycles. The summed E-state index contributed by atoms with van der Waals surface area (Å²) in [6.45, 7) is -3.39. The van der Waals surface area contributed by atoms with Crippen molar-refractivity contribution < 1.29 is 24.5 Å². The summed E-state index contributed by atoms with van der Waals surface area (Å²) in [6.07, 6.45) is 4.11. The van der Waals surface area contributed by atoms with Crippen molar-refractivity contribution in [1.29, 1.82) is 0 Å². The normalized spacial score (nSPS) is 18.1. The number of allylic oxidation sites excluding steroid dienone is 1. The molecule has 0 saturated heterocycles. The van der Waals surface area contributed by atoms with E-state index in [1.807, 2.05) is 0 Å². The summed E-state index contributed by atoms with van der Waals surface area (Å²) in [5.41, 5.74) is 6.38. The lowest BCUT2D eigenvalue weighted by Crippen LogP contribution is -2.00. The average Bonchev–Trinajstić information content (AvgIpc) is 2.91. The largest absolute Gasteiger partial charge is 0.512 e. The van der Waals surface area contributed by atoms with Crippen molar-refractivity contribution in [2.24, 2.45) is 16.6 Å². The quantitative estimate of drug-likeness (QED) is 0.242. The minimum atomic E-state index is -3.70. The Kier molecular flexibility index (Phi) is 5.90. The van der Waals surface area contributed by atoms with E-state index in [-0.39, 0.29) is 24.9 Å². The number of hydrogen-bond acceptors (Lipinski definition) is 6. The molecule has 0 radical (unpaired) electrons. The minimum absolute atomic E-state index is 0.0662. The third-order valence-electron chi connectivity index (χ3n) is 3.51. The molecule has 1 atom stereocenters. The molecule has 1 aliphatic rings. The van der Waals surface area contributed by atoms with Gasteiger partial charge in [0.15, 0.2) is 5.82 Å². The van der Waals surface area contributed by atoms with Crippen LogP contribution in [0.25, 0.3) is 0 Å². The van der Waals surface area contributed by atoms with E-state index < -0.39 is 6.72 Å². The Morgan fingerprint density at radius 1 is 1.52 bits per heavy atom. The molecule has 2 rings (SSSR count). The fourth-order valence-electron chi connectivity index (χ4n) is 2.32. The summed E-state index contributed by atoms with van der Waals surface area (Å²) in [5, 5.41) is 18.9. The zero-order chi connectivity index (χ0) is 17.0. The molecule has 1 aromatic heterocycles. The molecule has 6 N–H and O–H groups in total. The summed E-state index contributed by atoms with van der Waals surface area (Å²) in [5.74, 6) is 0.613. The molecular formula is C12H19N4O5PS. The Morgan fingerprint density at radius 2 is 2.26 bits per heavy atom. The Hall–Kier alpha value is -1.29. The number of aliphatic hydroxyl groups is 2. The first kappa shape index (κ1) is 18.1. The lowest BCUT2D eigenvalue weighted by Gasteiger charge is -2.07. The summed E-state index contributed by atoms with van der Waals surface area (Å²) >= 11 is 4.35. The predicted molar refractivity (Wildman–Crippen MR) is 87.5 cm³/mol. The van der Waals surface area contributed by atoms with Crippen molar-refractivity contribution in [3.05, 3.63) is 23.4 Å². The van der Waals surface area contributed by atoms with Crippen LogP contribution in [0.2, 0.25) is 0 Å². The van der Waals surface area contributed by atoms with E-state index in [0.29, 0.717) is 30.1 Å². The first-order valence-corrected chi connectivity index (χ1v) is 9.51. The number of aliphatic hydroxyl groups excluding tert-OH is 2. The van der Waals surface area contributed by atoms with Gasteiger partial charge in [0.2, 0.25) is 0 Å². The maximum absolute atomic E-state index is 9.68. The van der Waals surface area contributed by atoms with Gasteiger partial charge in [-0.3, -0.25) is 0 Å². The van der Waals surface area contributed by atoms with Crippen LogP contribution in [0.4, 0.5) is 5.82 Å². The van der Waals surface area contributed by atoms with Crippen LogP contribution in [0.3, 0.4) is 0 Å². The summed E-state index contributed by atoms with van der Waals surface area (Å²) in [7, 11) is 0. The van der Waals surface area contributed by atoms with Crippen LogP contribution in [0.5, 0.6) is 0 Å². The average molecular weight is 362 g/mol. The minimum Gasteiger partial charge on any atom is -0.512 e. The smallest absolute Gasteiger partial charge is 0.322 e. The van der Waals surface area contributed by atoms with Crippen molar-refractivity contribution in [1.82, 2.24) is 9.55 Å². The lowest BCUT2D eigenvalue weighted by atomic mass is 10.1. The number of nitrogens with two attached hydrogens (primary N) is 1. The van der Waals surface area contributed by atoms with Gasteiger partial charge in [0, 0.05) is 18.0 Å². The van der Waals surface area contributed by atoms with Crippen LogP contribution in [-0.2, 0) is 29.5 Å². The standard InChI is InChI=1S/C12H19N4O5PS/c13-6-14-12-10(4-17)15-7-16(12)3-1-2-8-9(11(8)18)5-21-22(19,20)23/h6-8,17-18H,1-5H2,(H2,13,14)(H2,19,20,23)/t8-/m0/s1. The van der Waals surface area contributed by atoms with E-state index in [9.17, 15) is 10.2 Å². The van der Waals surface area contributed by atoms with E-state index in [4.69, 9.17) is 20.0 Å². The van der Waals surface area contributed by atoms with Crippen LogP contribution in [0.1, 0.15) is 18.5 Å². The van der Waals surface area contributed by atoms with Gasteiger partial charge in [-0.1, -0.05) is 0 Å². The predicted octanol–water partition coefficient (Wildman–Crippen LogP) is 0.442. The van der Waals surface area contributed by atoms with Crippen molar-refractivity contribution in [3.63, 3.8) is 0 Å². The molecule has 0 bridgehead atoms. The van der Waals surface area contributed by atoms with Crippen molar-refractivity contribution in [3.8, 4) is 0 Å². The van der Waals surface area contributed by atoms with Crippen LogP contribution < -0.4 is 5.73 Å². The van der Waals surface area contributed by atoms with Gasteiger partial charge in [-0.2, -0.15) is 0 Å². The Morgan fingerprint density at radius 3 is 2.87 bits per heavy atom. The number of hydrogen-bond donors (Lipinski definition) is 5.